The molecule has 0 aliphatic rings. The van der Waals surface area contributed by atoms with Crippen LogP contribution in [-0.2, 0) is 0 Å². The van der Waals surface area contributed by atoms with Gasteiger partial charge >= 0.3 is 0 Å². The van der Waals surface area contributed by atoms with E-state index in [0.717, 1.165) is 12.8 Å². The standard InChI is InChI=1S/C12H13N3O/c13-3-1-2-4-16-12-6-10(8-14)5-11(7-12)9-15/h5-7H,1-4,13H2. The number of nitrogens with zero attached hydrogens (tertiary/aromatic N) is 2. The summed E-state index contributed by atoms with van der Waals surface area (Å²) in [4.78, 5) is 0. The van der Waals surface area contributed by atoms with Crippen LogP contribution < -0.4 is 10.5 Å². The summed E-state index contributed by atoms with van der Waals surface area (Å²) in [6.07, 6.45) is 1.78. The van der Waals surface area contributed by atoms with E-state index in [0.29, 0.717) is 30.0 Å². The van der Waals surface area contributed by atoms with Gasteiger partial charge in [-0.1, -0.05) is 0 Å². The van der Waals surface area contributed by atoms with Crippen LogP contribution in [0.1, 0.15) is 24.0 Å². The Hall–Kier alpha value is -2.04. The normalized spacial score (nSPS) is 9.19. The lowest BCUT2D eigenvalue weighted by Gasteiger charge is -2.06. The van der Waals surface area contributed by atoms with Gasteiger partial charge in [0.05, 0.1) is 29.9 Å². The molecule has 1 rings (SSSR count). The Morgan fingerprint density at radius 3 is 2.19 bits per heavy atom. The minimum atomic E-state index is 0.438. The van der Waals surface area contributed by atoms with Crippen molar-refractivity contribution >= 4 is 0 Å². The summed E-state index contributed by atoms with van der Waals surface area (Å²) >= 11 is 0. The Labute approximate surface area is 94.9 Å². The van der Waals surface area contributed by atoms with Crippen molar-refractivity contribution in [1.29, 1.82) is 10.5 Å². The minimum absolute atomic E-state index is 0.438. The molecule has 0 aliphatic heterocycles. The average Bonchev–Trinajstić information content (AvgIpc) is 2.34. The van der Waals surface area contributed by atoms with Gasteiger partial charge in [0.25, 0.3) is 0 Å². The van der Waals surface area contributed by atoms with E-state index in [1.54, 1.807) is 12.1 Å². The van der Waals surface area contributed by atoms with E-state index in [9.17, 15) is 0 Å². The van der Waals surface area contributed by atoms with Crippen molar-refractivity contribution in [2.75, 3.05) is 13.2 Å². The lowest BCUT2D eigenvalue weighted by atomic mass is 10.1. The Kier molecular flexibility index (Phi) is 4.85. The first-order chi connectivity index (χ1) is 7.80. The quantitative estimate of drug-likeness (QED) is 0.755. The average molecular weight is 215 g/mol. The maximum Gasteiger partial charge on any atom is 0.121 e. The number of nitriles is 2. The highest BCUT2D eigenvalue weighted by atomic mass is 16.5. The fourth-order valence-corrected chi connectivity index (χ4v) is 1.25. The van der Waals surface area contributed by atoms with E-state index >= 15 is 0 Å². The van der Waals surface area contributed by atoms with Crippen LogP contribution >= 0.6 is 0 Å². The highest BCUT2D eigenvalue weighted by Gasteiger charge is 2.01. The topological polar surface area (TPSA) is 82.8 Å². The van der Waals surface area contributed by atoms with Gasteiger partial charge in [0.15, 0.2) is 0 Å². The van der Waals surface area contributed by atoms with E-state index in [1.807, 2.05) is 12.1 Å². The van der Waals surface area contributed by atoms with Gasteiger partial charge in [0.1, 0.15) is 5.75 Å². The lowest BCUT2D eigenvalue weighted by Crippen LogP contribution is -2.03. The third-order valence-corrected chi connectivity index (χ3v) is 2.03. The molecule has 0 radical (unpaired) electrons. The van der Waals surface area contributed by atoms with Gasteiger partial charge in [-0.3, -0.25) is 0 Å². The largest absolute Gasteiger partial charge is 0.494 e. The molecule has 16 heavy (non-hydrogen) atoms. The maximum absolute atomic E-state index is 8.76. The summed E-state index contributed by atoms with van der Waals surface area (Å²) in [6.45, 7) is 1.20. The second-order valence-electron chi connectivity index (χ2n) is 3.31. The number of nitrogens with two attached hydrogens (primary N) is 1. The van der Waals surface area contributed by atoms with Gasteiger partial charge in [-0.25, -0.2) is 0 Å². The van der Waals surface area contributed by atoms with Gasteiger partial charge in [-0.05, 0) is 37.6 Å². The Morgan fingerprint density at radius 2 is 1.69 bits per heavy atom. The fraction of sp³-hybridized carbons (Fsp3) is 0.333. The molecule has 82 valence electrons. The van der Waals surface area contributed by atoms with Gasteiger partial charge in [-0.15, -0.1) is 0 Å². The number of benzene rings is 1. The van der Waals surface area contributed by atoms with Gasteiger partial charge < -0.3 is 10.5 Å². The van der Waals surface area contributed by atoms with Crippen molar-refractivity contribution in [3.05, 3.63) is 29.3 Å². The molecule has 0 aliphatic carbocycles. The smallest absolute Gasteiger partial charge is 0.121 e. The molecule has 0 atom stereocenters. The lowest BCUT2D eigenvalue weighted by molar-refractivity contribution is 0.307. The van der Waals surface area contributed by atoms with Crippen LogP contribution in [0.4, 0.5) is 0 Å². The number of rotatable bonds is 5. The molecule has 4 nitrogen and oxygen atoms in total. The van der Waals surface area contributed by atoms with Gasteiger partial charge in [-0.2, -0.15) is 10.5 Å². The molecular formula is C12H13N3O. The Morgan fingerprint density at radius 1 is 1.06 bits per heavy atom. The first-order valence-corrected chi connectivity index (χ1v) is 5.08. The third-order valence-electron chi connectivity index (χ3n) is 2.03. The van der Waals surface area contributed by atoms with Crippen molar-refractivity contribution in [3.8, 4) is 17.9 Å². The molecule has 0 fully saturated rings. The predicted octanol–water partition coefficient (Wildman–Crippen LogP) is 1.55. The zero-order valence-electron chi connectivity index (χ0n) is 8.94. The molecule has 4 heteroatoms. The van der Waals surface area contributed by atoms with Crippen molar-refractivity contribution in [1.82, 2.24) is 0 Å². The number of hydrogen-bond acceptors (Lipinski definition) is 4. The van der Waals surface area contributed by atoms with Crippen LogP contribution in [0.15, 0.2) is 18.2 Å². The SMILES string of the molecule is N#Cc1cc(C#N)cc(OCCCCN)c1. The molecule has 0 spiro atoms. The molecule has 0 saturated carbocycles. The first-order valence-electron chi connectivity index (χ1n) is 5.08. The van der Waals surface area contributed by atoms with Crippen molar-refractivity contribution < 1.29 is 4.74 Å². The molecule has 0 bridgehead atoms. The number of ether oxygens (including phenoxy) is 1. The van der Waals surface area contributed by atoms with E-state index in [2.05, 4.69) is 0 Å². The third kappa shape index (κ3) is 3.61. The van der Waals surface area contributed by atoms with Gasteiger partial charge in [0.2, 0.25) is 0 Å². The van der Waals surface area contributed by atoms with Crippen LogP contribution in [0.5, 0.6) is 5.75 Å². The summed E-state index contributed by atoms with van der Waals surface area (Å²) in [5.41, 5.74) is 6.23. The van der Waals surface area contributed by atoms with Crippen LogP contribution in [-0.4, -0.2) is 13.2 Å². The van der Waals surface area contributed by atoms with E-state index in [4.69, 9.17) is 21.0 Å². The zero-order chi connectivity index (χ0) is 11.8. The van der Waals surface area contributed by atoms with Crippen molar-refractivity contribution in [2.45, 2.75) is 12.8 Å². The molecule has 2 N–H and O–H groups in total. The van der Waals surface area contributed by atoms with E-state index in [1.165, 1.54) is 6.07 Å². The summed E-state index contributed by atoms with van der Waals surface area (Å²) in [7, 11) is 0. The van der Waals surface area contributed by atoms with Crippen LogP contribution in [0, 0.1) is 22.7 Å². The first kappa shape index (κ1) is 12.0. The second kappa shape index (κ2) is 6.44. The fourth-order valence-electron chi connectivity index (χ4n) is 1.25. The zero-order valence-corrected chi connectivity index (χ0v) is 8.94. The van der Waals surface area contributed by atoms with Crippen molar-refractivity contribution in [2.24, 2.45) is 5.73 Å². The summed E-state index contributed by atoms with van der Waals surface area (Å²) < 4.78 is 5.44. The van der Waals surface area contributed by atoms with Crippen molar-refractivity contribution in [3.63, 3.8) is 0 Å². The summed E-state index contributed by atoms with van der Waals surface area (Å²) in [5.74, 6) is 0.563. The highest BCUT2D eigenvalue weighted by Crippen LogP contribution is 2.16. The van der Waals surface area contributed by atoms with E-state index < -0.39 is 0 Å². The number of hydrogen-bond donors (Lipinski definition) is 1. The molecule has 0 amide bonds. The summed E-state index contributed by atoms with van der Waals surface area (Å²) in [6, 6.07) is 8.78. The minimum Gasteiger partial charge on any atom is -0.494 e. The van der Waals surface area contributed by atoms with E-state index in [-0.39, 0.29) is 0 Å². The molecular weight excluding hydrogens is 202 g/mol. The second-order valence-corrected chi connectivity index (χ2v) is 3.31. The molecule has 1 aromatic rings. The maximum atomic E-state index is 8.76. The molecule has 0 saturated heterocycles. The number of unbranched alkanes of at least 4 members (excludes halogenated alkanes) is 1. The predicted molar refractivity (Wildman–Crippen MR) is 59.7 cm³/mol. The van der Waals surface area contributed by atoms with Crippen LogP contribution in [0.3, 0.4) is 0 Å². The molecule has 0 heterocycles. The van der Waals surface area contributed by atoms with Crippen LogP contribution in [0.2, 0.25) is 0 Å². The highest BCUT2D eigenvalue weighted by molar-refractivity contribution is 5.45. The summed E-state index contributed by atoms with van der Waals surface area (Å²) in [5, 5.41) is 17.5. The van der Waals surface area contributed by atoms with Gasteiger partial charge in [0, 0.05) is 0 Å². The Bertz CT molecular complexity index is 397. The molecule has 1 aromatic carbocycles. The Balaban J connectivity index is 2.66. The van der Waals surface area contributed by atoms with Crippen LogP contribution in [0.25, 0.3) is 0 Å². The monoisotopic (exact) mass is 215 g/mol. The molecule has 0 aromatic heterocycles. The molecule has 0 unspecified atom stereocenters.